The molecule has 1 fully saturated rings. The quantitative estimate of drug-likeness (QED) is 0.625. The molecule has 29 heavy (non-hydrogen) atoms. The van der Waals surface area contributed by atoms with Crippen molar-refractivity contribution >= 4 is 49.4 Å². The van der Waals surface area contributed by atoms with Crippen molar-refractivity contribution in [1.29, 1.82) is 0 Å². The van der Waals surface area contributed by atoms with Crippen LogP contribution in [0.3, 0.4) is 0 Å². The van der Waals surface area contributed by atoms with Gasteiger partial charge in [-0.1, -0.05) is 34.1 Å². The largest absolute Gasteiger partial charge is 0.378 e. The zero-order valence-corrected chi connectivity index (χ0v) is 19.3. The lowest BCUT2D eigenvalue weighted by molar-refractivity contribution is -0.136. The molecule has 0 spiro atoms. The molecular weight excluding hydrogens is 502 g/mol. The molecule has 0 radical (unpaired) electrons. The number of amides is 2. The van der Waals surface area contributed by atoms with Crippen LogP contribution in [0.4, 0.5) is 5.69 Å². The lowest BCUT2D eigenvalue weighted by Crippen LogP contribution is -2.44. The molecule has 1 aliphatic heterocycles. The number of hydrogen-bond acceptors (Lipinski definition) is 4. The third-order valence-electron chi connectivity index (χ3n) is 4.62. The summed E-state index contributed by atoms with van der Waals surface area (Å²) in [6.07, 6.45) is 0. The van der Waals surface area contributed by atoms with Gasteiger partial charge in [0.2, 0.25) is 5.91 Å². The van der Waals surface area contributed by atoms with Gasteiger partial charge in [-0.3, -0.25) is 14.5 Å². The van der Waals surface area contributed by atoms with Crippen molar-refractivity contribution in [2.75, 3.05) is 45.2 Å². The highest BCUT2D eigenvalue weighted by Crippen LogP contribution is 2.32. The van der Waals surface area contributed by atoms with Crippen LogP contribution in [0.15, 0.2) is 51.4 Å². The fourth-order valence-corrected chi connectivity index (χ4v) is 4.57. The zero-order valence-electron chi connectivity index (χ0n) is 16.2. The first kappa shape index (κ1) is 22.0. The van der Waals surface area contributed by atoms with E-state index in [-0.39, 0.29) is 11.8 Å². The van der Waals surface area contributed by atoms with Gasteiger partial charge in [-0.15, -0.1) is 0 Å². The number of hydrogen-bond donors (Lipinski definition) is 1. The number of carbonyl (C=O) groups is 2. The maximum Gasteiger partial charge on any atom is 0.255 e. The number of halogens is 2. The zero-order chi connectivity index (χ0) is 20.8. The number of ether oxygens (including phenoxy) is 1. The summed E-state index contributed by atoms with van der Waals surface area (Å²) in [5.41, 5.74) is 2.20. The van der Waals surface area contributed by atoms with Gasteiger partial charge in [0.15, 0.2) is 0 Å². The summed E-state index contributed by atoms with van der Waals surface area (Å²) in [6.45, 7) is 3.25. The van der Waals surface area contributed by atoms with Gasteiger partial charge in [0, 0.05) is 34.1 Å². The monoisotopic (exact) mass is 523 g/mol. The Morgan fingerprint density at radius 3 is 2.52 bits per heavy atom. The predicted octanol–water partition coefficient (Wildman–Crippen LogP) is 3.75. The van der Waals surface area contributed by atoms with Crippen LogP contribution in [-0.4, -0.2) is 61.5 Å². The maximum absolute atomic E-state index is 12.6. The van der Waals surface area contributed by atoms with E-state index in [2.05, 4.69) is 37.2 Å². The predicted molar refractivity (Wildman–Crippen MR) is 120 cm³/mol. The lowest BCUT2D eigenvalue weighted by atomic mass is 10.1. The Balaban J connectivity index is 1.72. The molecule has 2 amide bonds. The molecule has 0 atom stereocenters. The van der Waals surface area contributed by atoms with Gasteiger partial charge in [-0.25, -0.2) is 0 Å². The van der Waals surface area contributed by atoms with Gasteiger partial charge in [0.25, 0.3) is 5.91 Å². The topological polar surface area (TPSA) is 61.9 Å². The second-order valence-corrected chi connectivity index (χ2v) is 8.68. The molecule has 2 aromatic rings. The Bertz CT molecular complexity index is 871. The Hall–Kier alpha value is -1.74. The first-order valence-electron chi connectivity index (χ1n) is 9.32. The Morgan fingerprint density at radius 1 is 1.14 bits per heavy atom. The summed E-state index contributed by atoms with van der Waals surface area (Å²) in [4.78, 5) is 28.9. The molecule has 1 N–H and O–H groups in total. The fraction of sp³-hybridized carbons (Fsp3) is 0.333. The van der Waals surface area contributed by atoms with Crippen LogP contribution in [-0.2, 0) is 16.1 Å². The molecule has 1 aliphatic rings. The van der Waals surface area contributed by atoms with E-state index in [1.54, 1.807) is 12.1 Å². The highest BCUT2D eigenvalue weighted by atomic mass is 79.9. The minimum atomic E-state index is -0.179. The number of benzene rings is 2. The summed E-state index contributed by atoms with van der Waals surface area (Å²) >= 11 is 7.06. The number of likely N-dealkylation sites (N-methyl/N-ethyl adjacent to an activating group) is 1. The van der Waals surface area contributed by atoms with Gasteiger partial charge in [-0.05, 0) is 52.8 Å². The highest BCUT2D eigenvalue weighted by molar-refractivity contribution is 9.11. The molecule has 0 unspecified atom stereocenters. The molecule has 1 heterocycles. The number of anilines is 1. The van der Waals surface area contributed by atoms with E-state index in [1.807, 2.05) is 47.2 Å². The molecule has 3 rings (SSSR count). The van der Waals surface area contributed by atoms with E-state index in [0.29, 0.717) is 50.6 Å². The number of nitrogens with zero attached hydrogens (tertiary/aromatic N) is 2. The van der Waals surface area contributed by atoms with Crippen molar-refractivity contribution in [3.05, 3.63) is 62.5 Å². The molecule has 0 saturated carbocycles. The number of carbonyl (C=O) groups excluding carboxylic acids is 2. The minimum absolute atomic E-state index is 0.0831. The van der Waals surface area contributed by atoms with Crippen molar-refractivity contribution in [3.8, 4) is 0 Å². The molecule has 1 saturated heterocycles. The van der Waals surface area contributed by atoms with E-state index < -0.39 is 0 Å². The third kappa shape index (κ3) is 6.12. The van der Waals surface area contributed by atoms with E-state index in [9.17, 15) is 9.59 Å². The Labute approximate surface area is 187 Å². The summed E-state index contributed by atoms with van der Waals surface area (Å²) in [5.74, 6) is -0.0957. The summed E-state index contributed by atoms with van der Waals surface area (Å²) < 4.78 is 6.98. The average Bonchev–Trinajstić information content (AvgIpc) is 2.71. The number of nitrogens with one attached hydrogen (secondary N) is 1. The van der Waals surface area contributed by atoms with Crippen molar-refractivity contribution < 1.29 is 14.3 Å². The second kappa shape index (κ2) is 10.3. The molecule has 6 nitrogen and oxygen atoms in total. The van der Waals surface area contributed by atoms with Crippen LogP contribution in [0.1, 0.15) is 15.9 Å². The van der Waals surface area contributed by atoms with Gasteiger partial charge in [-0.2, -0.15) is 0 Å². The molecule has 8 heteroatoms. The molecule has 154 valence electrons. The van der Waals surface area contributed by atoms with Gasteiger partial charge in [0.05, 0.1) is 25.4 Å². The third-order valence-corrected chi connectivity index (χ3v) is 5.70. The van der Waals surface area contributed by atoms with Crippen LogP contribution in [0.5, 0.6) is 0 Å². The van der Waals surface area contributed by atoms with Gasteiger partial charge < -0.3 is 15.0 Å². The van der Waals surface area contributed by atoms with Crippen LogP contribution in [0.2, 0.25) is 0 Å². The van der Waals surface area contributed by atoms with Crippen LogP contribution in [0.25, 0.3) is 0 Å². The molecule has 0 bridgehead atoms. The minimum Gasteiger partial charge on any atom is -0.378 e. The molecule has 2 aromatic carbocycles. The summed E-state index contributed by atoms with van der Waals surface area (Å²) in [6, 6.07) is 12.9. The summed E-state index contributed by atoms with van der Waals surface area (Å²) in [5, 5.41) is 3.00. The first-order chi connectivity index (χ1) is 13.9. The van der Waals surface area contributed by atoms with Crippen molar-refractivity contribution in [3.63, 3.8) is 0 Å². The van der Waals surface area contributed by atoms with Crippen molar-refractivity contribution in [1.82, 2.24) is 9.80 Å². The van der Waals surface area contributed by atoms with E-state index in [4.69, 9.17) is 4.74 Å². The summed E-state index contributed by atoms with van der Waals surface area (Å²) in [7, 11) is 1.90. The first-order valence-corrected chi connectivity index (χ1v) is 10.9. The van der Waals surface area contributed by atoms with Crippen LogP contribution < -0.4 is 5.32 Å². The Morgan fingerprint density at radius 2 is 1.83 bits per heavy atom. The van der Waals surface area contributed by atoms with Crippen LogP contribution in [0, 0.1) is 0 Å². The van der Waals surface area contributed by atoms with Gasteiger partial charge >= 0.3 is 0 Å². The molecular formula is C21H23Br2N3O3. The van der Waals surface area contributed by atoms with E-state index in [0.717, 1.165) is 14.5 Å². The fourth-order valence-electron chi connectivity index (χ4n) is 3.16. The average molecular weight is 525 g/mol. The molecule has 0 aromatic heterocycles. The van der Waals surface area contributed by atoms with Crippen molar-refractivity contribution in [2.45, 2.75) is 6.54 Å². The maximum atomic E-state index is 12.6. The Kier molecular flexibility index (Phi) is 7.83. The smallest absolute Gasteiger partial charge is 0.255 e. The SMILES string of the molecule is CN(CC(=O)N1CCOCC1)Cc1cc(Br)cc(Br)c1NC(=O)c1ccccc1. The lowest BCUT2D eigenvalue weighted by Gasteiger charge is -2.29. The highest BCUT2D eigenvalue weighted by Gasteiger charge is 2.20. The molecule has 0 aliphatic carbocycles. The van der Waals surface area contributed by atoms with E-state index >= 15 is 0 Å². The number of morpholine rings is 1. The standard InChI is InChI=1S/C21H23Br2N3O3/c1-25(14-19(27)26-7-9-29-10-8-26)13-16-11-17(22)12-18(23)20(16)24-21(28)15-5-3-2-4-6-15/h2-6,11-12H,7-10,13-14H2,1H3,(H,24,28). The van der Waals surface area contributed by atoms with Crippen LogP contribution >= 0.6 is 31.9 Å². The number of rotatable bonds is 6. The van der Waals surface area contributed by atoms with Crippen molar-refractivity contribution in [2.24, 2.45) is 0 Å². The second-order valence-electron chi connectivity index (χ2n) is 6.91. The normalized spacial score (nSPS) is 14.1. The van der Waals surface area contributed by atoms with Gasteiger partial charge in [0.1, 0.15) is 0 Å². The van der Waals surface area contributed by atoms with E-state index in [1.165, 1.54) is 0 Å².